The quantitative estimate of drug-likeness (QED) is 0.189. The van der Waals surface area contributed by atoms with Crippen molar-refractivity contribution in [2.45, 2.75) is 33.6 Å². The van der Waals surface area contributed by atoms with Gasteiger partial charge in [-0.15, -0.1) is 0 Å². The molecule has 31 heavy (non-hydrogen) atoms. The molecule has 0 fully saturated rings. The summed E-state index contributed by atoms with van der Waals surface area (Å²) in [5, 5.41) is 7.40. The highest BCUT2D eigenvalue weighted by atomic mass is 32.1. The minimum Gasteiger partial charge on any atom is -0.361 e. The summed E-state index contributed by atoms with van der Waals surface area (Å²) < 4.78 is 0. The van der Waals surface area contributed by atoms with Crippen LogP contribution in [0.25, 0.3) is 0 Å². The molecule has 0 amide bonds. The maximum absolute atomic E-state index is 4.57. The molecule has 0 spiro atoms. The van der Waals surface area contributed by atoms with Gasteiger partial charge in [0.15, 0.2) is 0 Å². The van der Waals surface area contributed by atoms with Crippen LogP contribution in [0.2, 0.25) is 0 Å². The Labute approximate surface area is 192 Å². The Morgan fingerprint density at radius 3 is 2.45 bits per heavy atom. The number of unbranched alkanes of at least 4 members (excludes halogenated alkanes) is 1. The van der Waals surface area contributed by atoms with E-state index in [1.54, 1.807) is 23.5 Å². The second-order valence-corrected chi connectivity index (χ2v) is 7.34. The third-order valence-corrected chi connectivity index (χ3v) is 4.85. The van der Waals surface area contributed by atoms with Crippen molar-refractivity contribution >= 4 is 22.7 Å². The molecule has 2 nitrogen and oxygen atoms in total. The third-order valence-electron chi connectivity index (χ3n) is 4.17. The molecule has 1 heterocycles. The molecular weight excluding hydrogens is 396 g/mol. The van der Waals surface area contributed by atoms with Gasteiger partial charge in [-0.3, -0.25) is 4.99 Å². The smallest absolute Gasteiger partial charge is 0.0649 e. The number of hydrogen-bond donors (Lipinski definition) is 1. The van der Waals surface area contributed by atoms with Crippen molar-refractivity contribution in [2.75, 3.05) is 5.32 Å². The number of nitrogens with zero attached hydrogens (tertiary/aromatic N) is 1. The van der Waals surface area contributed by atoms with Gasteiger partial charge >= 0.3 is 0 Å². The number of aliphatic imine (C=N–C) groups is 1. The maximum Gasteiger partial charge on any atom is 0.0649 e. The summed E-state index contributed by atoms with van der Waals surface area (Å²) in [6.45, 7) is 13.8. The van der Waals surface area contributed by atoms with Crippen LogP contribution in [0, 0.1) is 0 Å². The van der Waals surface area contributed by atoms with Crippen molar-refractivity contribution in [3.05, 3.63) is 126 Å². The van der Waals surface area contributed by atoms with E-state index in [0.29, 0.717) is 0 Å². The van der Waals surface area contributed by atoms with E-state index in [2.05, 4.69) is 71.5 Å². The first-order chi connectivity index (χ1) is 15.2. The van der Waals surface area contributed by atoms with Crippen LogP contribution < -0.4 is 5.32 Å². The summed E-state index contributed by atoms with van der Waals surface area (Å²) in [5.74, 6) is 0. The van der Waals surface area contributed by atoms with E-state index in [4.69, 9.17) is 0 Å². The van der Waals surface area contributed by atoms with E-state index in [1.807, 2.05) is 56.6 Å². The van der Waals surface area contributed by atoms with E-state index in [9.17, 15) is 0 Å². The Kier molecular flexibility index (Phi) is 13.9. The molecule has 0 aliphatic rings. The summed E-state index contributed by atoms with van der Waals surface area (Å²) in [4.78, 5) is 4.57. The van der Waals surface area contributed by atoms with E-state index < -0.39 is 0 Å². The fourth-order valence-corrected chi connectivity index (χ4v) is 3.25. The molecule has 0 aliphatic heterocycles. The van der Waals surface area contributed by atoms with Gasteiger partial charge < -0.3 is 5.32 Å². The van der Waals surface area contributed by atoms with Crippen LogP contribution >= 0.6 is 11.3 Å². The standard InChI is InChI=1S/C28H34N2S/c1-6-14-25(15-7-2)26(16-8-3)18-13-21-30-28(9-4)24(5)17-11-10-12-20-29-27-19-22-31-23-27/h6-9,12-23,29H,1,4,10-11H2,2-3,5H3/b15-7-,16-8-,20-12+,21-13+,24-17+,25-14+,26-18+,30-28-. The number of hydrogen-bond acceptors (Lipinski definition) is 3. The largest absolute Gasteiger partial charge is 0.361 e. The average Bonchev–Trinajstić information content (AvgIpc) is 3.28. The van der Waals surface area contributed by atoms with Gasteiger partial charge in [-0.1, -0.05) is 67.8 Å². The first-order valence-electron chi connectivity index (χ1n) is 10.4. The zero-order valence-corrected chi connectivity index (χ0v) is 19.7. The van der Waals surface area contributed by atoms with Crippen LogP contribution in [0.15, 0.2) is 131 Å². The van der Waals surface area contributed by atoms with Crippen molar-refractivity contribution in [1.29, 1.82) is 0 Å². The van der Waals surface area contributed by atoms with Crippen molar-refractivity contribution in [2.24, 2.45) is 4.99 Å². The number of allylic oxidation sites excluding steroid dienone is 14. The Bertz CT molecular complexity index is 914. The van der Waals surface area contributed by atoms with Gasteiger partial charge in [0.2, 0.25) is 0 Å². The Morgan fingerprint density at radius 1 is 1.10 bits per heavy atom. The zero-order chi connectivity index (χ0) is 22.7. The molecule has 162 valence electrons. The van der Waals surface area contributed by atoms with Crippen LogP contribution in [0.5, 0.6) is 0 Å². The average molecular weight is 431 g/mol. The predicted octanol–water partition coefficient (Wildman–Crippen LogP) is 8.73. The van der Waals surface area contributed by atoms with Crippen molar-refractivity contribution in [1.82, 2.24) is 0 Å². The maximum atomic E-state index is 4.57. The van der Waals surface area contributed by atoms with Gasteiger partial charge in [0, 0.05) is 17.3 Å². The topological polar surface area (TPSA) is 24.4 Å². The monoisotopic (exact) mass is 430 g/mol. The Morgan fingerprint density at radius 2 is 1.84 bits per heavy atom. The molecule has 0 bridgehead atoms. The highest BCUT2D eigenvalue weighted by molar-refractivity contribution is 7.08. The second-order valence-electron chi connectivity index (χ2n) is 6.56. The summed E-state index contributed by atoms with van der Waals surface area (Å²) in [7, 11) is 0. The number of rotatable bonds is 13. The minimum absolute atomic E-state index is 0.882. The zero-order valence-electron chi connectivity index (χ0n) is 18.9. The fourth-order valence-electron chi connectivity index (χ4n) is 2.65. The molecule has 1 rings (SSSR count). The molecular formula is C28H34N2S. The van der Waals surface area contributed by atoms with Crippen LogP contribution in [0.3, 0.4) is 0 Å². The van der Waals surface area contributed by atoms with Crippen molar-refractivity contribution < 1.29 is 0 Å². The summed E-state index contributed by atoms with van der Waals surface area (Å²) in [6.07, 6.45) is 27.8. The van der Waals surface area contributed by atoms with Crippen LogP contribution in [-0.4, -0.2) is 5.71 Å². The molecule has 0 saturated carbocycles. The van der Waals surface area contributed by atoms with Crippen molar-refractivity contribution in [3.63, 3.8) is 0 Å². The van der Waals surface area contributed by atoms with E-state index in [1.165, 1.54) is 0 Å². The molecule has 0 atom stereocenters. The number of nitrogens with one attached hydrogen (secondary N) is 1. The first kappa shape index (κ1) is 25.9. The number of anilines is 1. The fraction of sp³-hybridized carbons (Fsp3) is 0.179. The first-order valence-corrected chi connectivity index (χ1v) is 11.4. The predicted molar refractivity (Wildman–Crippen MR) is 143 cm³/mol. The van der Waals surface area contributed by atoms with Gasteiger partial charge in [0.25, 0.3) is 0 Å². The molecule has 0 radical (unpaired) electrons. The Hall–Kier alpha value is -3.17. The molecule has 1 aromatic rings. The summed E-state index contributed by atoms with van der Waals surface area (Å²) in [5.41, 5.74) is 5.34. The highest BCUT2D eigenvalue weighted by Gasteiger charge is 1.97. The van der Waals surface area contributed by atoms with Crippen LogP contribution in [0.1, 0.15) is 33.6 Å². The summed E-state index contributed by atoms with van der Waals surface area (Å²) >= 11 is 1.68. The van der Waals surface area contributed by atoms with Gasteiger partial charge in [-0.25, -0.2) is 0 Å². The van der Waals surface area contributed by atoms with E-state index in [0.717, 1.165) is 41.0 Å². The van der Waals surface area contributed by atoms with Crippen LogP contribution in [0.4, 0.5) is 5.69 Å². The lowest BCUT2D eigenvalue weighted by atomic mass is 10.0. The van der Waals surface area contributed by atoms with Gasteiger partial charge in [-0.2, -0.15) is 11.3 Å². The molecule has 0 aromatic carbocycles. The molecule has 0 saturated heterocycles. The normalized spacial score (nSPS) is 14.4. The minimum atomic E-state index is 0.882. The molecule has 0 unspecified atom stereocenters. The molecule has 1 aromatic heterocycles. The number of thiophene rings is 1. The molecule has 1 N–H and O–H groups in total. The molecule has 0 aliphatic carbocycles. The third kappa shape index (κ3) is 11.0. The SMILES string of the molecule is C=C/C=C(\C=C/C)C(/C=C\C)=C/C=C/N=C(C=C)\C(C)=C\CC/C=C/Nc1ccsc1. The molecule has 3 heteroatoms. The lowest BCUT2D eigenvalue weighted by Crippen LogP contribution is -1.94. The second kappa shape index (κ2) is 16.6. The van der Waals surface area contributed by atoms with E-state index >= 15 is 0 Å². The van der Waals surface area contributed by atoms with Gasteiger partial charge in [0.05, 0.1) is 5.71 Å². The van der Waals surface area contributed by atoms with E-state index in [-0.39, 0.29) is 0 Å². The lowest BCUT2D eigenvalue weighted by Gasteiger charge is -2.02. The Balaban J connectivity index is 2.73. The summed E-state index contributed by atoms with van der Waals surface area (Å²) in [6, 6.07) is 2.06. The van der Waals surface area contributed by atoms with Gasteiger partial charge in [0.1, 0.15) is 0 Å². The highest BCUT2D eigenvalue weighted by Crippen LogP contribution is 2.14. The van der Waals surface area contributed by atoms with Gasteiger partial charge in [-0.05, 0) is 80.1 Å². The van der Waals surface area contributed by atoms with Crippen LogP contribution in [-0.2, 0) is 0 Å². The lowest BCUT2D eigenvalue weighted by molar-refractivity contribution is 1.04. The van der Waals surface area contributed by atoms with Crippen molar-refractivity contribution in [3.8, 4) is 0 Å².